The van der Waals surface area contributed by atoms with E-state index < -0.39 is 12.2 Å². The minimum Gasteiger partial charge on any atom is -0.390 e. The van der Waals surface area contributed by atoms with Gasteiger partial charge in [0.15, 0.2) is 0 Å². The van der Waals surface area contributed by atoms with Gasteiger partial charge in [-0.2, -0.15) is 0 Å². The molecule has 0 radical (unpaired) electrons. The Morgan fingerprint density at radius 3 is 2.64 bits per heavy atom. The summed E-state index contributed by atoms with van der Waals surface area (Å²) in [4.78, 5) is 10.9. The lowest BCUT2D eigenvalue weighted by Gasteiger charge is -2.14. The molecule has 122 valence electrons. The second-order valence-electron chi connectivity index (χ2n) is 5.81. The lowest BCUT2D eigenvalue weighted by atomic mass is 10.00. The van der Waals surface area contributed by atoms with Crippen molar-refractivity contribution >= 4 is 11.9 Å². The van der Waals surface area contributed by atoms with Gasteiger partial charge in [-0.3, -0.25) is 0 Å². The van der Waals surface area contributed by atoms with E-state index in [2.05, 4.69) is 13.0 Å². The molecule has 3 heteroatoms. The molecule has 0 saturated carbocycles. The molecule has 0 aliphatic carbocycles. The number of ketones is 1. The van der Waals surface area contributed by atoms with Gasteiger partial charge in [0.1, 0.15) is 5.78 Å². The Morgan fingerprint density at radius 1 is 1.23 bits per heavy atom. The van der Waals surface area contributed by atoms with E-state index in [0.717, 1.165) is 24.8 Å². The van der Waals surface area contributed by atoms with Gasteiger partial charge in [0.25, 0.3) is 0 Å². The number of hydrogen-bond acceptors (Lipinski definition) is 3. The summed E-state index contributed by atoms with van der Waals surface area (Å²) >= 11 is 0. The quantitative estimate of drug-likeness (QED) is 0.695. The van der Waals surface area contributed by atoms with Gasteiger partial charge < -0.3 is 15.0 Å². The predicted molar refractivity (Wildman–Crippen MR) is 90.6 cm³/mol. The minimum absolute atomic E-state index is 0.113. The molecule has 1 aromatic rings. The highest BCUT2D eigenvalue weighted by Gasteiger charge is 2.13. The van der Waals surface area contributed by atoms with Crippen molar-refractivity contribution in [3.05, 3.63) is 41.5 Å². The third-order valence-electron chi connectivity index (χ3n) is 3.75. The van der Waals surface area contributed by atoms with Gasteiger partial charge in [0, 0.05) is 6.42 Å². The number of benzene rings is 1. The standard InChI is InChI=1S/C19H28O3/c1-3-4-9-16-10-5-6-11-17(16)13-14-19(22)18(21)12-7-8-15(2)20/h5-6,10-11,13-14,18-19,21-22H,3-4,7-9,12H2,1-2H3/b14-13+/t18-,19+/m0/s1. The summed E-state index contributed by atoms with van der Waals surface area (Å²) in [5.41, 5.74) is 2.35. The van der Waals surface area contributed by atoms with Gasteiger partial charge in [-0.05, 0) is 43.7 Å². The number of rotatable bonds is 10. The highest BCUT2D eigenvalue weighted by atomic mass is 16.3. The summed E-state index contributed by atoms with van der Waals surface area (Å²) in [5.74, 6) is 0.113. The molecular formula is C19H28O3. The van der Waals surface area contributed by atoms with Crippen LogP contribution in [-0.2, 0) is 11.2 Å². The monoisotopic (exact) mass is 304 g/mol. The summed E-state index contributed by atoms with van der Waals surface area (Å²) < 4.78 is 0. The second kappa shape index (κ2) is 10.3. The Balaban J connectivity index is 2.57. The van der Waals surface area contributed by atoms with E-state index in [1.807, 2.05) is 24.3 Å². The van der Waals surface area contributed by atoms with Crippen LogP contribution in [0.2, 0.25) is 0 Å². The van der Waals surface area contributed by atoms with Crippen LogP contribution < -0.4 is 0 Å². The molecule has 0 amide bonds. The van der Waals surface area contributed by atoms with Crippen molar-refractivity contribution in [2.24, 2.45) is 0 Å². The summed E-state index contributed by atoms with van der Waals surface area (Å²) in [5, 5.41) is 19.9. The van der Waals surface area contributed by atoms with Crippen molar-refractivity contribution in [1.29, 1.82) is 0 Å². The van der Waals surface area contributed by atoms with Crippen LogP contribution in [0.15, 0.2) is 30.3 Å². The highest BCUT2D eigenvalue weighted by Crippen LogP contribution is 2.15. The van der Waals surface area contributed by atoms with Crippen LogP contribution >= 0.6 is 0 Å². The fourth-order valence-corrected chi connectivity index (χ4v) is 2.35. The van der Waals surface area contributed by atoms with Crippen LogP contribution in [0.4, 0.5) is 0 Å². The second-order valence-corrected chi connectivity index (χ2v) is 5.81. The predicted octanol–water partition coefficient (Wildman–Crippen LogP) is 3.52. The van der Waals surface area contributed by atoms with E-state index in [1.54, 1.807) is 6.08 Å². The van der Waals surface area contributed by atoms with Crippen LogP contribution in [0.3, 0.4) is 0 Å². The topological polar surface area (TPSA) is 57.5 Å². The first-order chi connectivity index (χ1) is 10.5. The maximum Gasteiger partial charge on any atom is 0.129 e. The van der Waals surface area contributed by atoms with E-state index in [1.165, 1.54) is 12.5 Å². The van der Waals surface area contributed by atoms with Crippen molar-refractivity contribution in [3.8, 4) is 0 Å². The zero-order valence-corrected chi connectivity index (χ0v) is 13.7. The maximum absolute atomic E-state index is 10.9. The summed E-state index contributed by atoms with van der Waals surface area (Å²) in [6.45, 7) is 3.70. The van der Waals surface area contributed by atoms with Gasteiger partial charge in [-0.1, -0.05) is 49.8 Å². The third kappa shape index (κ3) is 7.01. The van der Waals surface area contributed by atoms with Crippen molar-refractivity contribution in [2.45, 2.75) is 64.6 Å². The molecule has 0 saturated heterocycles. The number of unbranched alkanes of at least 4 members (excludes halogenated alkanes) is 1. The van der Waals surface area contributed by atoms with Crippen molar-refractivity contribution in [2.75, 3.05) is 0 Å². The Hall–Kier alpha value is -1.45. The van der Waals surface area contributed by atoms with E-state index in [-0.39, 0.29) is 5.78 Å². The molecular weight excluding hydrogens is 276 g/mol. The first kappa shape index (κ1) is 18.6. The average Bonchev–Trinajstić information content (AvgIpc) is 2.50. The Kier molecular flexibility index (Phi) is 8.71. The molecule has 0 aliphatic heterocycles. The zero-order chi connectivity index (χ0) is 16.4. The van der Waals surface area contributed by atoms with Crippen LogP contribution in [0.5, 0.6) is 0 Å². The fourth-order valence-electron chi connectivity index (χ4n) is 2.35. The molecule has 2 atom stereocenters. The molecule has 0 aromatic heterocycles. The number of aliphatic hydroxyl groups is 2. The number of carbonyl (C=O) groups excluding carboxylic acids is 1. The Labute approximate surface area is 133 Å². The normalized spacial score (nSPS) is 14.2. The van der Waals surface area contributed by atoms with Crippen LogP contribution in [-0.4, -0.2) is 28.2 Å². The van der Waals surface area contributed by atoms with Gasteiger partial charge in [-0.15, -0.1) is 0 Å². The molecule has 0 aliphatic rings. The van der Waals surface area contributed by atoms with Crippen LogP contribution in [0, 0.1) is 0 Å². The first-order valence-corrected chi connectivity index (χ1v) is 8.16. The number of Topliss-reactive ketones (excluding diaryl/α,β-unsaturated/α-hetero) is 1. The molecule has 0 unspecified atom stereocenters. The molecule has 0 fully saturated rings. The van der Waals surface area contributed by atoms with Gasteiger partial charge in [0.05, 0.1) is 12.2 Å². The SMILES string of the molecule is CCCCc1ccccc1/C=C/[C@@H](O)[C@@H](O)CCCC(C)=O. The van der Waals surface area contributed by atoms with E-state index >= 15 is 0 Å². The number of aliphatic hydroxyl groups excluding tert-OH is 2. The summed E-state index contributed by atoms with van der Waals surface area (Å²) in [7, 11) is 0. The van der Waals surface area contributed by atoms with Crippen LogP contribution in [0.1, 0.15) is 57.1 Å². The molecule has 3 nitrogen and oxygen atoms in total. The minimum atomic E-state index is -0.897. The smallest absolute Gasteiger partial charge is 0.129 e. The molecule has 0 heterocycles. The Bertz CT molecular complexity index is 479. The Morgan fingerprint density at radius 2 is 1.95 bits per heavy atom. The largest absolute Gasteiger partial charge is 0.390 e. The number of carbonyl (C=O) groups is 1. The molecule has 0 bridgehead atoms. The van der Waals surface area contributed by atoms with Crippen molar-refractivity contribution in [1.82, 2.24) is 0 Å². The molecule has 1 rings (SSSR count). The molecule has 1 aromatic carbocycles. The lowest BCUT2D eigenvalue weighted by Crippen LogP contribution is -2.23. The van der Waals surface area contributed by atoms with E-state index in [0.29, 0.717) is 19.3 Å². The number of hydrogen-bond donors (Lipinski definition) is 2. The maximum atomic E-state index is 10.9. The molecule has 0 spiro atoms. The average molecular weight is 304 g/mol. The molecule has 22 heavy (non-hydrogen) atoms. The summed E-state index contributed by atoms with van der Waals surface area (Å²) in [6, 6.07) is 8.13. The first-order valence-electron chi connectivity index (χ1n) is 8.16. The zero-order valence-electron chi connectivity index (χ0n) is 13.7. The fraction of sp³-hybridized carbons (Fsp3) is 0.526. The lowest BCUT2D eigenvalue weighted by molar-refractivity contribution is -0.117. The van der Waals surface area contributed by atoms with Gasteiger partial charge >= 0.3 is 0 Å². The van der Waals surface area contributed by atoms with Crippen molar-refractivity contribution < 1.29 is 15.0 Å². The third-order valence-corrected chi connectivity index (χ3v) is 3.75. The van der Waals surface area contributed by atoms with Gasteiger partial charge in [0.2, 0.25) is 0 Å². The van der Waals surface area contributed by atoms with Gasteiger partial charge in [-0.25, -0.2) is 0 Å². The van der Waals surface area contributed by atoms with Crippen molar-refractivity contribution in [3.63, 3.8) is 0 Å². The van der Waals surface area contributed by atoms with Crippen LogP contribution in [0.25, 0.3) is 6.08 Å². The molecule has 2 N–H and O–H groups in total. The van der Waals surface area contributed by atoms with E-state index in [4.69, 9.17) is 0 Å². The number of aryl methyl sites for hydroxylation is 1. The van der Waals surface area contributed by atoms with E-state index in [9.17, 15) is 15.0 Å². The highest BCUT2D eigenvalue weighted by molar-refractivity contribution is 5.75. The summed E-state index contributed by atoms with van der Waals surface area (Å²) in [6.07, 6.45) is 6.60.